The Hall–Kier alpha value is -2.34. The summed E-state index contributed by atoms with van der Waals surface area (Å²) in [5.41, 5.74) is 1.07. The average molecular weight is 358 g/mol. The fourth-order valence-electron chi connectivity index (χ4n) is 4.03. The highest BCUT2D eigenvalue weighted by molar-refractivity contribution is 5.95. The van der Waals surface area contributed by atoms with Crippen LogP contribution in [0.15, 0.2) is 41.0 Å². The van der Waals surface area contributed by atoms with Crippen molar-refractivity contribution in [1.29, 1.82) is 0 Å². The summed E-state index contributed by atoms with van der Waals surface area (Å²) in [6, 6.07) is 8.38. The minimum Gasteiger partial charge on any atom is -0.469 e. The summed E-state index contributed by atoms with van der Waals surface area (Å²) in [7, 11) is 0. The molecule has 1 spiro atoms. The molecule has 0 aliphatic carbocycles. The van der Waals surface area contributed by atoms with Crippen molar-refractivity contribution >= 4 is 11.6 Å². The number of furan rings is 1. The predicted molar refractivity (Wildman–Crippen MR) is 95.9 cm³/mol. The average Bonchev–Trinajstić information content (AvgIpc) is 3.07. The second-order valence-corrected chi connectivity index (χ2v) is 7.15. The van der Waals surface area contributed by atoms with Crippen LogP contribution in [0.25, 0.3) is 0 Å². The number of aryl methyl sites for hydroxylation is 1. The van der Waals surface area contributed by atoms with Crippen LogP contribution >= 0.6 is 0 Å². The molecule has 2 aliphatic heterocycles. The van der Waals surface area contributed by atoms with Gasteiger partial charge in [-0.3, -0.25) is 4.79 Å². The topological polar surface area (TPSA) is 45.9 Å². The van der Waals surface area contributed by atoms with Crippen molar-refractivity contribution in [3.63, 3.8) is 0 Å². The van der Waals surface area contributed by atoms with Crippen LogP contribution in [-0.4, -0.2) is 49.2 Å². The van der Waals surface area contributed by atoms with Gasteiger partial charge in [0.2, 0.25) is 0 Å². The van der Waals surface area contributed by atoms with Crippen molar-refractivity contribution < 1.29 is 18.3 Å². The molecule has 0 saturated carbocycles. The number of hydrogen-bond acceptors (Lipinski definition) is 4. The molecule has 1 unspecified atom stereocenters. The second kappa shape index (κ2) is 6.76. The van der Waals surface area contributed by atoms with Crippen molar-refractivity contribution in [2.24, 2.45) is 0 Å². The third-order valence-electron chi connectivity index (χ3n) is 5.34. The predicted octanol–water partition coefficient (Wildman–Crippen LogP) is 3.24. The van der Waals surface area contributed by atoms with Crippen molar-refractivity contribution in [2.75, 3.05) is 37.7 Å². The summed E-state index contributed by atoms with van der Waals surface area (Å²) in [6.07, 6.45) is 3.39. The smallest absolute Gasteiger partial charge is 0.257 e. The van der Waals surface area contributed by atoms with Crippen molar-refractivity contribution in [2.45, 2.75) is 25.4 Å². The number of carbonyl (C=O) groups is 1. The highest BCUT2D eigenvalue weighted by atomic mass is 19.1. The third kappa shape index (κ3) is 3.21. The number of piperidine rings is 1. The highest BCUT2D eigenvalue weighted by Crippen LogP contribution is 2.32. The molecular formula is C20H23FN2O3. The number of anilines is 1. The Morgan fingerprint density at radius 1 is 1.23 bits per heavy atom. The number of morpholine rings is 1. The van der Waals surface area contributed by atoms with E-state index in [0.29, 0.717) is 37.6 Å². The van der Waals surface area contributed by atoms with E-state index in [4.69, 9.17) is 9.15 Å². The zero-order valence-electron chi connectivity index (χ0n) is 14.9. The highest BCUT2D eigenvalue weighted by Gasteiger charge is 2.42. The SMILES string of the molecule is Cc1occc1C(=O)N1CCOC2(CCCN(c3cccc(F)c3)C2)C1. The number of amides is 1. The standard InChI is InChI=1S/C20H23FN2O3/c1-15-18(6-10-25-15)19(24)23-9-11-26-20(14-23)7-3-8-22(13-20)17-5-2-4-16(21)12-17/h2,4-6,10,12H,3,7-9,11,13-14H2,1H3. The van der Waals surface area contributed by atoms with Crippen LogP contribution in [0, 0.1) is 12.7 Å². The van der Waals surface area contributed by atoms with E-state index < -0.39 is 5.60 Å². The molecule has 1 amide bonds. The summed E-state index contributed by atoms with van der Waals surface area (Å²) in [5.74, 6) is 0.390. The van der Waals surface area contributed by atoms with E-state index in [0.717, 1.165) is 25.1 Å². The quantitative estimate of drug-likeness (QED) is 0.827. The van der Waals surface area contributed by atoms with Crippen LogP contribution in [0.3, 0.4) is 0 Å². The number of rotatable bonds is 2. The van der Waals surface area contributed by atoms with Gasteiger partial charge in [0.1, 0.15) is 17.2 Å². The van der Waals surface area contributed by atoms with Gasteiger partial charge >= 0.3 is 0 Å². The van der Waals surface area contributed by atoms with E-state index >= 15 is 0 Å². The molecule has 2 aromatic rings. The summed E-state index contributed by atoms with van der Waals surface area (Å²) >= 11 is 0. The molecule has 0 radical (unpaired) electrons. The molecule has 2 aliphatic rings. The lowest BCUT2D eigenvalue weighted by molar-refractivity contribution is -0.105. The van der Waals surface area contributed by atoms with E-state index in [1.165, 1.54) is 6.07 Å². The van der Waals surface area contributed by atoms with Gasteiger partial charge in [-0.15, -0.1) is 0 Å². The van der Waals surface area contributed by atoms with Gasteiger partial charge in [-0.25, -0.2) is 4.39 Å². The molecule has 1 atom stereocenters. The molecule has 2 fully saturated rings. The molecule has 6 heteroatoms. The Morgan fingerprint density at radius 3 is 2.88 bits per heavy atom. The Kier molecular flexibility index (Phi) is 4.44. The van der Waals surface area contributed by atoms with Gasteiger partial charge in [-0.1, -0.05) is 6.07 Å². The minimum absolute atomic E-state index is 0.0122. The Labute approximate surface area is 152 Å². The molecule has 5 nitrogen and oxygen atoms in total. The fourth-order valence-corrected chi connectivity index (χ4v) is 4.03. The molecular weight excluding hydrogens is 335 g/mol. The van der Waals surface area contributed by atoms with E-state index in [9.17, 15) is 9.18 Å². The largest absolute Gasteiger partial charge is 0.469 e. The van der Waals surface area contributed by atoms with Gasteiger partial charge in [0.15, 0.2) is 0 Å². The first-order chi connectivity index (χ1) is 12.6. The van der Waals surface area contributed by atoms with Crippen LogP contribution in [0.2, 0.25) is 0 Å². The molecule has 26 heavy (non-hydrogen) atoms. The van der Waals surface area contributed by atoms with Gasteiger partial charge in [-0.05, 0) is 44.0 Å². The number of nitrogens with zero attached hydrogens (tertiary/aromatic N) is 2. The van der Waals surface area contributed by atoms with Crippen molar-refractivity contribution in [1.82, 2.24) is 4.90 Å². The van der Waals surface area contributed by atoms with Gasteiger partial charge in [0.05, 0.1) is 25.0 Å². The minimum atomic E-state index is -0.407. The molecule has 3 heterocycles. The van der Waals surface area contributed by atoms with Crippen LogP contribution in [-0.2, 0) is 4.74 Å². The van der Waals surface area contributed by atoms with Gasteiger partial charge in [0.25, 0.3) is 5.91 Å². The van der Waals surface area contributed by atoms with Gasteiger partial charge in [0, 0.05) is 25.3 Å². The zero-order valence-corrected chi connectivity index (χ0v) is 14.9. The van der Waals surface area contributed by atoms with Crippen LogP contribution in [0.5, 0.6) is 0 Å². The van der Waals surface area contributed by atoms with Crippen molar-refractivity contribution in [3.05, 3.63) is 53.7 Å². The normalized spacial score (nSPS) is 23.5. The Morgan fingerprint density at radius 2 is 2.12 bits per heavy atom. The number of carbonyl (C=O) groups excluding carboxylic acids is 1. The van der Waals surface area contributed by atoms with Crippen molar-refractivity contribution in [3.8, 4) is 0 Å². The van der Waals surface area contributed by atoms with Gasteiger partial charge < -0.3 is 19.0 Å². The number of halogens is 1. The summed E-state index contributed by atoms with van der Waals surface area (Å²) in [4.78, 5) is 16.9. The molecule has 4 rings (SSSR count). The maximum atomic E-state index is 13.6. The molecule has 1 aromatic heterocycles. The molecule has 1 aromatic carbocycles. The maximum Gasteiger partial charge on any atom is 0.257 e. The fraction of sp³-hybridized carbons (Fsp3) is 0.450. The molecule has 0 N–H and O–H groups in total. The monoisotopic (exact) mass is 358 g/mol. The van der Waals surface area contributed by atoms with E-state index in [1.54, 1.807) is 31.4 Å². The summed E-state index contributed by atoms with van der Waals surface area (Å²) in [5, 5.41) is 0. The van der Waals surface area contributed by atoms with E-state index in [1.807, 2.05) is 11.0 Å². The molecule has 0 bridgehead atoms. The summed E-state index contributed by atoms with van der Waals surface area (Å²) in [6.45, 7) is 4.96. The molecule has 138 valence electrons. The van der Waals surface area contributed by atoms with Crippen LogP contribution in [0.4, 0.5) is 10.1 Å². The maximum absolute atomic E-state index is 13.6. The number of hydrogen-bond donors (Lipinski definition) is 0. The van der Waals surface area contributed by atoms with Crippen LogP contribution in [0.1, 0.15) is 29.0 Å². The number of ether oxygens (including phenoxy) is 1. The van der Waals surface area contributed by atoms with Crippen LogP contribution < -0.4 is 4.90 Å². The van der Waals surface area contributed by atoms with Gasteiger partial charge in [-0.2, -0.15) is 0 Å². The lowest BCUT2D eigenvalue weighted by atomic mass is 9.90. The lowest BCUT2D eigenvalue weighted by Crippen LogP contribution is -2.60. The Balaban J connectivity index is 1.52. The number of benzene rings is 1. The second-order valence-electron chi connectivity index (χ2n) is 7.15. The summed E-state index contributed by atoms with van der Waals surface area (Å²) < 4.78 is 25.0. The third-order valence-corrected chi connectivity index (χ3v) is 5.34. The Bertz CT molecular complexity index is 802. The first-order valence-electron chi connectivity index (χ1n) is 9.04. The van der Waals surface area contributed by atoms with E-state index in [2.05, 4.69) is 4.90 Å². The van der Waals surface area contributed by atoms with E-state index in [-0.39, 0.29) is 11.7 Å². The zero-order chi connectivity index (χ0) is 18.1. The first-order valence-corrected chi connectivity index (χ1v) is 9.04. The lowest BCUT2D eigenvalue weighted by Gasteiger charge is -2.48. The molecule has 2 saturated heterocycles. The first kappa shape index (κ1) is 17.1.